The molecule has 5 nitrogen and oxygen atoms in total. The van der Waals surface area contributed by atoms with Crippen LogP contribution >= 0.6 is 12.4 Å². The Morgan fingerprint density at radius 1 is 1.50 bits per heavy atom. The van der Waals surface area contributed by atoms with Crippen LogP contribution < -0.4 is 5.73 Å². The van der Waals surface area contributed by atoms with E-state index in [1.807, 2.05) is 0 Å². The van der Waals surface area contributed by atoms with Gasteiger partial charge in [-0.05, 0) is 13.8 Å². The molecule has 0 rings (SSSR count). The number of hydrogen-bond donors (Lipinski definition) is 4. The van der Waals surface area contributed by atoms with E-state index in [1.165, 1.54) is 0 Å². The van der Waals surface area contributed by atoms with Gasteiger partial charge in [0.15, 0.2) is 0 Å². The third-order valence-electron chi connectivity index (χ3n) is 0.514. The van der Waals surface area contributed by atoms with E-state index in [-0.39, 0.29) is 18.5 Å². The van der Waals surface area contributed by atoms with Crippen molar-refractivity contribution >= 4 is 18.4 Å². The maximum atomic E-state index is 9.65. The molecule has 0 fully saturated rings. The highest BCUT2D eigenvalue weighted by Gasteiger charge is 2.06. The maximum absolute atomic E-state index is 9.65. The number of carboxylic acids is 1. The highest BCUT2D eigenvalue weighted by molar-refractivity contribution is 5.85. The molecule has 0 saturated carbocycles. The minimum Gasteiger partial charge on any atom is -0.480 e. The van der Waals surface area contributed by atoms with Crippen LogP contribution in [0.25, 0.3) is 0 Å². The fraction of sp³-hybridized carbons (Fsp3) is 0.833. The average Bonchev–Trinajstić information content (AvgIpc) is 1.85. The zero-order chi connectivity index (χ0) is 9.44. The number of nitrogens with two attached hydrogens (primary N) is 1. The topological polar surface area (TPSA) is 104 Å². The Kier molecular flexibility index (Phi) is 15.7. The number of carboxylic acid groups (broad SMARTS) is 1. The number of carbonyl (C=O) groups is 1. The van der Waals surface area contributed by atoms with E-state index in [9.17, 15) is 4.79 Å². The van der Waals surface area contributed by atoms with E-state index in [4.69, 9.17) is 21.1 Å². The Bertz CT molecular complexity index is 107. The normalized spacial score (nSPS) is 10.8. The van der Waals surface area contributed by atoms with E-state index in [1.54, 1.807) is 13.8 Å². The first kappa shape index (κ1) is 17.7. The predicted octanol–water partition coefficient (Wildman–Crippen LogP) is -0.801. The van der Waals surface area contributed by atoms with E-state index in [0.29, 0.717) is 0 Å². The van der Waals surface area contributed by atoms with E-state index >= 15 is 0 Å². The molecule has 0 heterocycles. The quantitative estimate of drug-likeness (QED) is 0.468. The number of aliphatic hydroxyl groups excluding tert-OH is 2. The predicted molar refractivity (Wildman–Crippen MR) is 47.3 cm³/mol. The van der Waals surface area contributed by atoms with Crippen LogP contribution in [0.3, 0.4) is 0 Å². The van der Waals surface area contributed by atoms with Crippen molar-refractivity contribution in [2.45, 2.75) is 26.0 Å². The summed E-state index contributed by atoms with van der Waals surface area (Å²) in [7, 11) is 0. The molecule has 0 aliphatic heterocycles. The molecule has 0 aliphatic rings. The van der Waals surface area contributed by atoms with Crippen LogP contribution in [0.4, 0.5) is 0 Å². The van der Waals surface area contributed by atoms with Crippen LogP contribution in [0.2, 0.25) is 0 Å². The van der Waals surface area contributed by atoms with Crippen molar-refractivity contribution in [3.05, 3.63) is 0 Å². The lowest BCUT2D eigenvalue weighted by Gasteiger charge is -1.96. The second-order valence-corrected chi connectivity index (χ2v) is 2.22. The summed E-state index contributed by atoms with van der Waals surface area (Å²) in [6, 6.07) is -1.13. The Morgan fingerprint density at radius 2 is 1.75 bits per heavy atom. The van der Waals surface area contributed by atoms with Crippen LogP contribution in [0.1, 0.15) is 13.8 Å². The van der Waals surface area contributed by atoms with Gasteiger partial charge in [-0.15, -0.1) is 12.4 Å². The summed E-state index contributed by atoms with van der Waals surface area (Å²) in [5, 5.41) is 24.0. The number of hydrogen-bond acceptors (Lipinski definition) is 4. The van der Waals surface area contributed by atoms with Gasteiger partial charge < -0.3 is 21.1 Å². The summed E-state index contributed by atoms with van der Waals surface area (Å²) in [5.74, 6) is -1.18. The minimum atomic E-state index is -1.18. The standard InChI is InChI=1S/C3H7NO3.C3H8O.ClH/c4-2(1-5)3(6)7;1-3(2)4;/h2,5H,1,4H2,(H,6,7);3-4H,1-2H3;1H/t2-;;/m0../s1. The summed E-state index contributed by atoms with van der Waals surface area (Å²) in [6.07, 6.45) is -0.167. The zero-order valence-electron chi connectivity index (χ0n) is 7.10. The molecule has 0 aromatic carbocycles. The molecule has 0 saturated heterocycles. The van der Waals surface area contributed by atoms with Gasteiger partial charge in [0, 0.05) is 6.10 Å². The van der Waals surface area contributed by atoms with Gasteiger partial charge in [-0.2, -0.15) is 0 Å². The monoisotopic (exact) mass is 201 g/mol. The first-order valence-corrected chi connectivity index (χ1v) is 3.19. The molecule has 6 heteroatoms. The van der Waals surface area contributed by atoms with Crippen molar-refractivity contribution in [1.29, 1.82) is 0 Å². The van der Waals surface area contributed by atoms with Crippen molar-refractivity contribution < 1.29 is 20.1 Å². The lowest BCUT2D eigenvalue weighted by Crippen LogP contribution is -2.33. The third kappa shape index (κ3) is 22.6. The molecular weight excluding hydrogens is 186 g/mol. The van der Waals surface area contributed by atoms with Crippen LogP contribution in [0.5, 0.6) is 0 Å². The average molecular weight is 202 g/mol. The highest BCUT2D eigenvalue weighted by atomic mass is 35.5. The molecule has 0 aromatic rings. The molecule has 1 atom stereocenters. The molecule has 76 valence electrons. The SMILES string of the molecule is CC(C)O.Cl.N[C@@H](CO)C(=O)O. The van der Waals surface area contributed by atoms with Crippen LogP contribution in [-0.4, -0.2) is 40.0 Å². The Hall–Kier alpha value is -0.360. The molecule has 5 N–H and O–H groups in total. The summed E-state index contributed by atoms with van der Waals surface area (Å²) in [6.45, 7) is 2.94. The molecule has 0 amide bonds. The van der Waals surface area contributed by atoms with Gasteiger partial charge in [0.25, 0.3) is 0 Å². The van der Waals surface area contributed by atoms with Crippen molar-refractivity contribution in [3.63, 3.8) is 0 Å². The molecule has 0 aliphatic carbocycles. The van der Waals surface area contributed by atoms with Gasteiger partial charge in [0.1, 0.15) is 6.04 Å². The van der Waals surface area contributed by atoms with Gasteiger partial charge in [-0.25, -0.2) is 0 Å². The maximum Gasteiger partial charge on any atom is 0.322 e. The summed E-state index contributed by atoms with van der Waals surface area (Å²) in [4.78, 5) is 9.65. The van der Waals surface area contributed by atoms with Gasteiger partial charge >= 0.3 is 5.97 Å². The van der Waals surface area contributed by atoms with Crippen molar-refractivity contribution in [2.75, 3.05) is 6.61 Å². The first-order valence-electron chi connectivity index (χ1n) is 3.19. The molecule has 0 bridgehead atoms. The minimum absolute atomic E-state index is 0. The van der Waals surface area contributed by atoms with Crippen molar-refractivity contribution in [3.8, 4) is 0 Å². The van der Waals surface area contributed by atoms with Crippen molar-refractivity contribution in [1.82, 2.24) is 0 Å². The first-order chi connectivity index (χ1) is 4.91. The van der Waals surface area contributed by atoms with E-state index in [0.717, 1.165) is 0 Å². The summed E-state index contributed by atoms with van der Waals surface area (Å²) in [5.41, 5.74) is 4.77. The second-order valence-electron chi connectivity index (χ2n) is 2.22. The van der Waals surface area contributed by atoms with Crippen LogP contribution in [0.15, 0.2) is 0 Å². The lowest BCUT2D eigenvalue weighted by atomic mass is 10.3. The van der Waals surface area contributed by atoms with Gasteiger partial charge in [0.05, 0.1) is 6.61 Å². The number of halogens is 1. The van der Waals surface area contributed by atoms with Gasteiger partial charge in [-0.1, -0.05) is 0 Å². The zero-order valence-corrected chi connectivity index (χ0v) is 7.91. The second kappa shape index (κ2) is 10.6. The number of aliphatic hydroxyl groups is 2. The van der Waals surface area contributed by atoms with Crippen LogP contribution in [-0.2, 0) is 4.79 Å². The molecule has 0 aromatic heterocycles. The number of rotatable bonds is 2. The summed E-state index contributed by atoms with van der Waals surface area (Å²) < 4.78 is 0. The van der Waals surface area contributed by atoms with Gasteiger partial charge in [-0.3, -0.25) is 4.79 Å². The molecule has 12 heavy (non-hydrogen) atoms. The largest absolute Gasteiger partial charge is 0.480 e. The Balaban J connectivity index is -0.000000142. The Morgan fingerprint density at radius 3 is 1.75 bits per heavy atom. The van der Waals surface area contributed by atoms with Gasteiger partial charge in [0.2, 0.25) is 0 Å². The fourth-order valence-electron chi connectivity index (χ4n) is 0.0781. The molecule has 0 unspecified atom stereocenters. The fourth-order valence-corrected chi connectivity index (χ4v) is 0.0781. The van der Waals surface area contributed by atoms with Crippen LogP contribution in [0, 0.1) is 0 Å². The third-order valence-corrected chi connectivity index (χ3v) is 0.514. The highest BCUT2D eigenvalue weighted by Crippen LogP contribution is 1.71. The van der Waals surface area contributed by atoms with E-state index in [2.05, 4.69) is 0 Å². The molecule has 0 spiro atoms. The van der Waals surface area contributed by atoms with E-state index < -0.39 is 18.6 Å². The lowest BCUT2D eigenvalue weighted by molar-refractivity contribution is -0.139. The summed E-state index contributed by atoms with van der Waals surface area (Å²) >= 11 is 0. The molecular formula is C6H16ClNO4. The van der Waals surface area contributed by atoms with Crippen molar-refractivity contribution in [2.24, 2.45) is 5.73 Å². The molecule has 0 radical (unpaired) electrons. The Labute approximate surface area is 77.6 Å². The smallest absolute Gasteiger partial charge is 0.322 e. The number of aliphatic carboxylic acids is 1.